The molecule has 0 aromatic carbocycles. The third kappa shape index (κ3) is 3.11. The molecule has 2 rings (SSSR count). The van der Waals surface area contributed by atoms with E-state index >= 15 is 0 Å². The largest absolute Gasteiger partial charge is 0.381 e. The van der Waals surface area contributed by atoms with Gasteiger partial charge in [0.05, 0.1) is 11.9 Å². The molecule has 1 heterocycles. The van der Waals surface area contributed by atoms with Crippen molar-refractivity contribution in [3.05, 3.63) is 23.5 Å². The number of halogens is 1. The number of anilines is 1. The Bertz CT molecular complexity index is 326. The molecule has 1 N–H and O–H groups in total. The van der Waals surface area contributed by atoms with E-state index in [9.17, 15) is 0 Å². The van der Waals surface area contributed by atoms with Crippen molar-refractivity contribution in [2.45, 2.75) is 39.2 Å². The van der Waals surface area contributed by atoms with E-state index in [2.05, 4.69) is 24.1 Å². The van der Waals surface area contributed by atoms with Crippen LogP contribution in [0.1, 0.15) is 33.1 Å². The van der Waals surface area contributed by atoms with Crippen molar-refractivity contribution in [3.63, 3.8) is 0 Å². The van der Waals surface area contributed by atoms with Gasteiger partial charge in [-0.3, -0.25) is 0 Å². The van der Waals surface area contributed by atoms with Gasteiger partial charge in [-0.1, -0.05) is 25.4 Å². The summed E-state index contributed by atoms with van der Waals surface area (Å²) in [6, 6.07) is 4.42. The summed E-state index contributed by atoms with van der Waals surface area (Å²) >= 11 is 5.76. The summed E-state index contributed by atoms with van der Waals surface area (Å²) in [5.41, 5.74) is 1.08. The van der Waals surface area contributed by atoms with Gasteiger partial charge in [0.25, 0.3) is 0 Å². The quantitative estimate of drug-likeness (QED) is 0.789. The molecule has 16 heavy (non-hydrogen) atoms. The molecule has 0 saturated heterocycles. The van der Waals surface area contributed by atoms with Gasteiger partial charge in [0.1, 0.15) is 5.15 Å². The Hall–Kier alpha value is -0.760. The first-order chi connectivity index (χ1) is 7.63. The molecule has 0 radical (unpaired) electrons. The number of rotatable bonds is 2. The van der Waals surface area contributed by atoms with Crippen molar-refractivity contribution in [2.75, 3.05) is 5.32 Å². The van der Waals surface area contributed by atoms with E-state index in [-0.39, 0.29) is 0 Å². The minimum atomic E-state index is 0.552. The lowest BCUT2D eigenvalue weighted by molar-refractivity contribution is 0.281. The minimum absolute atomic E-state index is 0.552. The van der Waals surface area contributed by atoms with Crippen molar-refractivity contribution in [1.82, 2.24) is 4.98 Å². The highest BCUT2D eigenvalue weighted by Gasteiger charge is 2.23. The van der Waals surface area contributed by atoms with Gasteiger partial charge < -0.3 is 5.32 Å². The summed E-state index contributed by atoms with van der Waals surface area (Å²) in [5, 5.41) is 4.10. The average Bonchev–Trinajstić information content (AvgIpc) is 2.20. The number of nitrogens with zero attached hydrogens (tertiary/aromatic N) is 1. The fourth-order valence-corrected chi connectivity index (χ4v) is 2.87. The molecule has 88 valence electrons. The second-order valence-corrected chi connectivity index (χ2v) is 5.52. The Labute approximate surface area is 102 Å². The van der Waals surface area contributed by atoms with Gasteiger partial charge in [-0.15, -0.1) is 0 Å². The molecule has 1 aromatic rings. The van der Waals surface area contributed by atoms with Crippen LogP contribution in [0.3, 0.4) is 0 Å². The normalized spacial score (nSPS) is 30.1. The topological polar surface area (TPSA) is 24.9 Å². The van der Waals surface area contributed by atoms with Crippen LogP contribution in [0.15, 0.2) is 18.3 Å². The standard InChI is InChI=1S/C13H19ClN2/c1-9-5-10(2)7-12(6-9)16-11-3-4-13(14)15-8-11/h3-4,8-10,12,16H,5-7H2,1-2H3. The first-order valence-electron chi connectivity index (χ1n) is 6.01. The zero-order chi connectivity index (χ0) is 11.5. The molecule has 0 amide bonds. The monoisotopic (exact) mass is 238 g/mol. The molecule has 2 unspecified atom stereocenters. The molecular weight excluding hydrogens is 220 g/mol. The van der Waals surface area contributed by atoms with Gasteiger partial charge in [0.2, 0.25) is 0 Å². The van der Waals surface area contributed by atoms with Crippen LogP contribution in [-0.2, 0) is 0 Å². The lowest BCUT2D eigenvalue weighted by Gasteiger charge is -2.32. The zero-order valence-electron chi connectivity index (χ0n) is 9.91. The van der Waals surface area contributed by atoms with E-state index < -0.39 is 0 Å². The van der Waals surface area contributed by atoms with E-state index in [1.54, 1.807) is 0 Å². The lowest BCUT2D eigenvalue weighted by Crippen LogP contribution is -2.30. The van der Waals surface area contributed by atoms with Crippen LogP contribution in [0.5, 0.6) is 0 Å². The summed E-state index contributed by atoms with van der Waals surface area (Å²) in [4.78, 5) is 4.09. The molecule has 1 aliphatic carbocycles. The lowest BCUT2D eigenvalue weighted by atomic mass is 9.80. The van der Waals surface area contributed by atoms with E-state index in [0.29, 0.717) is 11.2 Å². The molecule has 1 aliphatic rings. The number of hydrogen-bond acceptors (Lipinski definition) is 2. The van der Waals surface area contributed by atoms with E-state index in [4.69, 9.17) is 11.6 Å². The van der Waals surface area contributed by atoms with Gasteiger partial charge in [-0.25, -0.2) is 4.98 Å². The molecular formula is C13H19ClN2. The maximum Gasteiger partial charge on any atom is 0.129 e. The smallest absolute Gasteiger partial charge is 0.129 e. The van der Waals surface area contributed by atoms with Crippen LogP contribution in [0.2, 0.25) is 5.15 Å². The summed E-state index contributed by atoms with van der Waals surface area (Å²) in [7, 11) is 0. The fourth-order valence-electron chi connectivity index (χ4n) is 2.76. The van der Waals surface area contributed by atoms with E-state index in [0.717, 1.165) is 17.5 Å². The van der Waals surface area contributed by atoms with Crippen molar-refractivity contribution >= 4 is 17.3 Å². The maximum absolute atomic E-state index is 5.76. The molecule has 2 nitrogen and oxygen atoms in total. The Morgan fingerprint density at radius 2 is 1.88 bits per heavy atom. The molecule has 1 aromatic heterocycles. The first-order valence-corrected chi connectivity index (χ1v) is 6.39. The minimum Gasteiger partial charge on any atom is -0.381 e. The van der Waals surface area contributed by atoms with Crippen LogP contribution >= 0.6 is 11.6 Å². The Morgan fingerprint density at radius 3 is 2.44 bits per heavy atom. The van der Waals surface area contributed by atoms with Crippen molar-refractivity contribution in [1.29, 1.82) is 0 Å². The van der Waals surface area contributed by atoms with Crippen LogP contribution in [0.25, 0.3) is 0 Å². The van der Waals surface area contributed by atoms with Gasteiger partial charge in [-0.05, 0) is 43.2 Å². The number of nitrogens with one attached hydrogen (secondary N) is 1. The summed E-state index contributed by atoms with van der Waals surface area (Å²) in [5.74, 6) is 1.64. The molecule has 0 bridgehead atoms. The van der Waals surface area contributed by atoms with Crippen LogP contribution in [0.4, 0.5) is 5.69 Å². The van der Waals surface area contributed by atoms with E-state index in [1.165, 1.54) is 19.3 Å². The van der Waals surface area contributed by atoms with Crippen molar-refractivity contribution in [3.8, 4) is 0 Å². The highest BCUT2D eigenvalue weighted by molar-refractivity contribution is 6.29. The molecule has 1 fully saturated rings. The Morgan fingerprint density at radius 1 is 1.19 bits per heavy atom. The van der Waals surface area contributed by atoms with Gasteiger partial charge in [0, 0.05) is 6.04 Å². The third-order valence-corrected chi connectivity index (χ3v) is 3.50. The number of hydrogen-bond donors (Lipinski definition) is 1. The molecule has 1 saturated carbocycles. The Kier molecular flexibility index (Phi) is 3.70. The second-order valence-electron chi connectivity index (χ2n) is 5.13. The van der Waals surface area contributed by atoms with Gasteiger partial charge in [-0.2, -0.15) is 0 Å². The van der Waals surface area contributed by atoms with E-state index in [1.807, 2.05) is 18.3 Å². The second kappa shape index (κ2) is 5.05. The molecule has 0 aliphatic heterocycles. The predicted molar refractivity (Wildman–Crippen MR) is 68.8 cm³/mol. The number of pyridine rings is 1. The van der Waals surface area contributed by atoms with Gasteiger partial charge in [0.15, 0.2) is 0 Å². The summed E-state index contributed by atoms with van der Waals surface area (Å²) < 4.78 is 0. The van der Waals surface area contributed by atoms with Crippen molar-refractivity contribution < 1.29 is 0 Å². The molecule has 2 atom stereocenters. The summed E-state index contributed by atoms with van der Waals surface area (Å²) in [6.45, 7) is 4.68. The van der Waals surface area contributed by atoms with Crippen LogP contribution in [0, 0.1) is 11.8 Å². The Balaban J connectivity index is 1.96. The van der Waals surface area contributed by atoms with Crippen LogP contribution < -0.4 is 5.32 Å². The highest BCUT2D eigenvalue weighted by atomic mass is 35.5. The predicted octanol–water partition coefficient (Wildman–Crippen LogP) is 3.97. The average molecular weight is 239 g/mol. The highest BCUT2D eigenvalue weighted by Crippen LogP contribution is 2.30. The number of aromatic nitrogens is 1. The third-order valence-electron chi connectivity index (χ3n) is 3.28. The molecule has 0 spiro atoms. The zero-order valence-corrected chi connectivity index (χ0v) is 10.7. The van der Waals surface area contributed by atoms with Gasteiger partial charge >= 0.3 is 0 Å². The first kappa shape index (κ1) is 11.7. The molecule has 3 heteroatoms. The SMILES string of the molecule is CC1CC(C)CC(Nc2ccc(Cl)nc2)C1. The maximum atomic E-state index is 5.76. The van der Waals surface area contributed by atoms with Crippen molar-refractivity contribution in [2.24, 2.45) is 11.8 Å². The summed E-state index contributed by atoms with van der Waals surface area (Å²) in [6.07, 6.45) is 5.68. The fraction of sp³-hybridized carbons (Fsp3) is 0.615. The van der Waals surface area contributed by atoms with Crippen LogP contribution in [-0.4, -0.2) is 11.0 Å².